The van der Waals surface area contributed by atoms with E-state index in [1.54, 1.807) is 6.33 Å². The minimum absolute atomic E-state index is 0.836. The summed E-state index contributed by atoms with van der Waals surface area (Å²) in [5, 5.41) is 6.86. The number of rotatable bonds is 2. The van der Waals surface area contributed by atoms with E-state index < -0.39 is 0 Å². The highest BCUT2D eigenvalue weighted by atomic mass is 15.0. The van der Waals surface area contributed by atoms with Gasteiger partial charge in [0.2, 0.25) is 0 Å². The van der Waals surface area contributed by atoms with Crippen molar-refractivity contribution in [3.05, 3.63) is 46.4 Å². The Kier molecular flexibility index (Phi) is 3.40. The molecule has 4 heteroatoms. The highest BCUT2D eigenvalue weighted by Gasteiger charge is 2.15. The van der Waals surface area contributed by atoms with E-state index in [1.807, 2.05) is 0 Å². The Bertz CT molecular complexity index is 649. The first-order valence-electron chi connectivity index (χ1n) is 7.03. The van der Waals surface area contributed by atoms with Crippen molar-refractivity contribution in [2.24, 2.45) is 0 Å². The minimum Gasteiger partial charge on any atom is -0.340 e. The van der Waals surface area contributed by atoms with Gasteiger partial charge in [0.05, 0.1) is 5.69 Å². The van der Waals surface area contributed by atoms with Gasteiger partial charge in [0.15, 0.2) is 0 Å². The second kappa shape index (κ2) is 5.21. The Morgan fingerprint density at radius 1 is 1.05 bits per heavy atom. The van der Waals surface area contributed by atoms with Crippen LogP contribution in [0.25, 0.3) is 0 Å². The summed E-state index contributed by atoms with van der Waals surface area (Å²) in [6, 6.07) is 4.40. The first kappa shape index (κ1) is 13.1. The van der Waals surface area contributed by atoms with Gasteiger partial charge in [-0.25, -0.2) is 9.97 Å². The van der Waals surface area contributed by atoms with Crippen molar-refractivity contribution >= 4 is 11.5 Å². The highest BCUT2D eigenvalue weighted by Crippen LogP contribution is 2.26. The van der Waals surface area contributed by atoms with E-state index in [1.165, 1.54) is 22.3 Å². The fourth-order valence-corrected chi connectivity index (χ4v) is 2.60. The SMILES string of the molecule is Cc1cc(C)c(Nc2ncnc3c2CNCC3)cc1C. The lowest BCUT2D eigenvalue weighted by Crippen LogP contribution is -2.25. The van der Waals surface area contributed by atoms with E-state index >= 15 is 0 Å². The molecule has 0 unspecified atom stereocenters. The zero-order chi connectivity index (χ0) is 14.1. The molecule has 0 bridgehead atoms. The number of anilines is 2. The van der Waals surface area contributed by atoms with Gasteiger partial charge in [0, 0.05) is 30.8 Å². The maximum absolute atomic E-state index is 4.42. The molecule has 0 spiro atoms. The van der Waals surface area contributed by atoms with Gasteiger partial charge in [-0.15, -0.1) is 0 Å². The van der Waals surface area contributed by atoms with Crippen LogP contribution in [0, 0.1) is 20.8 Å². The lowest BCUT2D eigenvalue weighted by atomic mass is 10.0. The van der Waals surface area contributed by atoms with Crippen molar-refractivity contribution in [2.75, 3.05) is 11.9 Å². The summed E-state index contributed by atoms with van der Waals surface area (Å²) in [6.07, 6.45) is 2.63. The van der Waals surface area contributed by atoms with Crippen LogP contribution in [-0.2, 0) is 13.0 Å². The lowest BCUT2D eigenvalue weighted by molar-refractivity contribution is 0.627. The van der Waals surface area contributed by atoms with Gasteiger partial charge in [0.25, 0.3) is 0 Å². The second-order valence-corrected chi connectivity index (χ2v) is 5.45. The smallest absolute Gasteiger partial charge is 0.138 e. The van der Waals surface area contributed by atoms with Crippen LogP contribution >= 0.6 is 0 Å². The van der Waals surface area contributed by atoms with E-state index in [2.05, 4.69) is 53.5 Å². The van der Waals surface area contributed by atoms with Gasteiger partial charge in [-0.3, -0.25) is 0 Å². The minimum atomic E-state index is 0.836. The number of nitrogens with one attached hydrogen (secondary N) is 2. The first-order valence-corrected chi connectivity index (χ1v) is 7.03. The van der Waals surface area contributed by atoms with Crippen LogP contribution < -0.4 is 10.6 Å². The predicted octanol–water partition coefficient (Wildman–Crippen LogP) is 2.79. The van der Waals surface area contributed by atoms with Crippen LogP contribution in [0.4, 0.5) is 11.5 Å². The van der Waals surface area contributed by atoms with Crippen molar-refractivity contribution < 1.29 is 0 Å². The van der Waals surface area contributed by atoms with Crippen molar-refractivity contribution in [3.8, 4) is 0 Å². The molecule has 2 N–H and O–H groups in total. The lowest BCUT2D eigenvalue weighted by Gasteiger charge is -2.20. The highest BCUT2D eigenvalue weighted by molar-refractivity contribution is 5.65. The first-order chi connectivity index (χ1) is 9.65. The third-order valence-corrected chi connectivity index (χ3v) is 3.97. The summed E-state index contributed by atoms with van der Waals surface area (Å²) in [6.45, 7) is 8.23. The topological polar surface area (TPSA) is 49.8 Å². The molecule has 104 valence electrons. The van der Waals surface area contributed by atoms with Crippen molar-refractivity contribution in [2.45, 2.75) is 33.7 Å². The molecule has 0 radical (unpaired) electrons. The number of hydrogen-bond acceptors (Lipinski definition) is 4. The van der Waals surface area contributed by atoms with Gasteiger partial charge in [0.1, 0.15) is 12.1 Å². The number of aromatic nitrogens is 2. The molecule has 3 rings (SSSR count). The molecule has 0 aliphatic carbocycles. The maximum Gasteiger partial charge on any atom is 0.138 e. The number of aryl methyl sites for hydroxylation is 3. The standard InChI is InChI=1S/C16H20N4/c1-10-6-12(3)15(7-11(10)2)20-16-13-8-17-5-4-14(13)18-9-19-16/h6-7,9,17H,4-5,8H2,1-3H3,(H,18,19,20). The van der Waals surface area contributed by atoms with E-state index in [9.17, 15) is 0 Å². The molecule has 2 heterocycles. The van der Waals surface area contributed by atoms with Crippen LogP contribution in [0.5, 0.6) is 0 Å². The number of benzene rings is 1. The molecule has 1 aromatic carbocycles. The fourth-order valence-electron chi connectivity index (χ4n) is 2.60. The van der Waals surface area contributed by atoms with Crippen LogP contribution in [0.1, 0.15) is 27.9 Å². The van der Waals surface area contributed by atoms with Gasteiger partial charge >= 0.3 is 0 Å². The van der Waals surface area contributed by atoms with E-state index in [4.69, 9.17) is 0 Å². The Morgan fingerprint density at radius 3 is 2.70 bits per heavy atom. The summed E-state index contributed by atoms with van der Waals surface area (Å²) in [5.41, 5.74) is 7.32. The molecule has 0 atom stereocenters. The number of fused-ring (bicyclic) bond motifs is 1. The second-order valence-electron chi connectivity index (χ2n) is 5.45. The molecule has 0 fully saturated rings. The molecule has 0 saturated heterocycles. The van der Waals surface area contributed by atoms with Crippen LogP contribution in [0.2, 0.25) is 0 Å². The zero-order valence-corrected chi connectivity index (χ0v) is 12.2. The molecular formula is C16H20N4. The van der Waals surface area contributed by atoms with Crippen LogP contribution in [-0.4, -0.2) is 16.5 Å². The summed E-state index contributed by atoms with van der Waals surface area (Å²) in [7, 11) is 0. The quantitative estimate of drug-likeness (QED) is 0.879. The molecular weight excluding hydrogens is 248 g/mol. The summed E-state index contributed by atoms with van der Waals surface area (Å²) >= 11 is 0. The Hall–Kier alpha value is -1.94. The molecule has 4 nitrogen and oxygen atoms in total. The third kappa shape index (κ3) is 2.39. The van der Waals surface area contributed by atoms with Gasteiger partial charge in [-0.2, -0.15) is 0 Å². The third-order valence-electron chi connectivity index (χ3n) is 3.97. The number of nitrogens with zero attached hydrogens (tertiary/aromatic N) is 2. The summed E-state index contributed by atoms with van der Waals surface area (Å²) in [4.78, 5) is 8.80. The maximum atomic E-state index is 4.42. The largest absolute Gasteiger partial charge is 0.340 e. The normalized spacial score (nSPS) is 13.9. The molecule has 0 saturated carbocycles. The Morgan fingerprint density at radius 2 is 1.85 bits per heavy atom. The van der Waals surface area contributed by atoms with Crippen molar-refractivity contribution in [3.63, 3.8) is 0 Å². The van der Waals surface area contributed by atoms with Crippen LogP contribution in [0.3, 0.4) is 0 Å². The average Bonchev–Trinajstić information content (AvgIpc) is 2.45. The average molecular weight is 268 g/mol. The molecule has 2 aromatic rings. The molecule has 20 heavy (non-hydrogen) atoms. The van der Waals surface area contributed by atoms with Gasteiger partial charge in [-0.1, -0.05) is 6.07 Å². The summed E-state index contributed by atoms with van der Waals surface area (Å²) in [5.74, 6) is 0.925. The predicted molar refractivity (Wildman–Crippen MR) is 81.4 cm³/mol. The van der Waals surface area contributed by atoms with E-state index in [0.717, 1.165) is 36.7 Å². The van der Waals surface area contributed by atoms with Gasteiger partial charge < -0.3 is 10.6 Å². The van der Waals surface area contributed by atoms with Crippen LogP contribution in [0.15, 0.2) is 18.5 Å². The molecule has 1 aliphatic rings. The Labute approximate surface area is 119 Å². The number of hydrogen-bond donors (Lipinski definition) is 2. The summed E-state index contributed by atoms with van der Waals surface area (Å²) < 4.78 is 0. The van der Waals surface area contributed by atoms with Crippen molar-refractivity contribution in [1.29, 1.82) is 0 Å². The fraction of sp³-hybridized carbons (Fsp3) is 0.375. The molecule has 1 aromatic heterocycles. The van der Waals surface area contributed by atoms with Gasteiger partial charge in [-0.05, 0) is 43.5 Å². The van der Waals surface area contributed by atoms with E-state index in [0.29, 0.717) is 0 Å². The van der Waals surface area contributed by atoms with Crippen molar-refractivity contribution in [1.82, 2.24) is 15.3 Å². The zero-order valence-electron chi connectivity index (χ0n) is 12.2. The molecule has 1 aliphatic heterocycles. The molecule has 0 amide bonds. The Balaban J connectivity index is 1.98. The van der Waals surface area contributed by atoms with E-state index in [-0.39, 0.29) is 0 Å². The monoisotopic (exact) mass is 268 g/mol.